The summed E-state index contributed by atoms with van der Waals surface area (Å²) < 4.78 is 53.3. The number of anilines is 3. The van der Waals surface area contributed by atoms with Crippen molar-refractivity contribution in [3.8, 4) is 0 Å². The Kier molecular flexibility index (Phi) is 5.13. The van der Waals surface area contributed by atoms with Crippen LogP contribution in [0.1, 0.15) is 0 Å². The number of hydrogen-bond donors (Lipinski definition) is 2. The van der Waals surface area contributed by atoms with Crippen LogP contribution in [-0.4, -0.2) is 63.5 Å². The third-order valence-corrected chi connectivity index (χ3v) is 6.96. The minimum absolute atomic E-state index is 0.00342. The molecule has 1 aliphatic rings. The number of nitrogens with two attached hydrogens (primary N) is 1. The molecule has 0 saturated carbocycles. The molecule has 3 aromatic rings. The lowest BCUT2D eigenvalue weighted by Crippen LogP contribution is -2.48. The standard InChI is InChI=1S/C17H20N6O5S2/c1-29(24,25)23-9-7-22(8-10-23)16-15-14(6-11-28-15)20-17(21-16)19-12-2-4-13(5-3-12)30(18,26)27/h2-6,11H,7-10H2,1H3,(H2,18,26,27)(H,19,20,21). The van der Waals surface area contributed by atoms with Crippen molar-refractivity contribution in [2.24, 2.45) is 5.14 Å². The van der Waals surface area contributed by atoms with Gasteiger partial charge in [0, 0.05) is 37.9 Å². The Morgan fingerprint density at radius 3 is 2.27 bits per heavy atom. The Bertz CT molecular complexity index is 1280. The van der Waals surface area contributed by atoms with Crippen molar-refractivity contribution in [3.63, 3.8) is 0 Å². The van der Waals surface area contributed by atoms with Gasteiger partial charge in [-0.25, -0.2) is 27.0 Å². The van der Waals surface area contributed by atoms with Crippen molar-refractivity contribution in [2.75, 3.05) is 42.7 Å². The zero-order chi connectivity index (χ0) is 21.5. The van der Waals surface area contributed by atoms with Gasteiger partial charge in [-0.05, 0) is 24.3 Å². The van der Waals surface area contributed by atoms with Crippen molar-refractivity contribution in [1.29, 1.82) is 0 Å². The second-order valence-electron chi connectivity index (χ2n) is 6.85. The van der Waals surface area contributed by atoms with Crippen LogP contribution in [0.4, 0.5) is 17.5 Å². The van der Waals surface area contributed by atoms with Crippen LogP contribution < -0.4 is 15.4 Å². The van der Waals surface area contributed by atoms with Gasteiger partial charge in [-0.1, -0.05) is 0 Å². The first-order valence-corrected chi connectivity index (χ1v) is 12.4. The van der Waals surface area contributed by atoms with Gasteiger partial charge in [0.05, 0.1) is 17.4 Å². The highest BCUT2D eigenvalue weighted by Crippen LogP contribution is 2.28. The maximum atomic E-state index is 11.8. The molecule has 0 atom stereocenters. The number of sulfonamides is 2. The molecular formula is C17H20N6O5S2. The second-order valence-corrected chi connectivity index (χ2v) is 10.4. The van der Waals surface area contributed by atoms with Gasteiger partial charge in [0.15, 0.2) is 11.4 Å². The number of rotatable bonds is 5. The third-order valence-electron chi connectivity index (χ3n) is 4.73. The van der Waals surface area contributed by atoms with Crippen LogP contribution in [0.3, 0.4) is 0 Å². The fourth-order valence-corrected chi connectivity index (χ4v) is 4.55. The molecule has 4 rings (SSSR count). The molecule has 1 aliphatic heterocycles. The molecule has 30 heavy (non-hydrogen) atoms. The summed E-state index contributed by atoms with van der Waals surface area (Å²) in [6.45, 7) is 1.62. The summed E-state index contributed by atoms with van der Waals surface area (Å²) in [6, 6.07) is 7.61. The first kappa shape index (κ1) is 20.5. The molecule has 1 saturated heterocycles. The predicted molar refractivity (Wildman–Crippen MR) is 112 cm³/mol. The molecule has 1 fully saturated rings. The molecule has 11 nitrogen and oxygen atoms in total. The molecule has 2 aromatic heterocycles. The number of benzene rings is 1. The fourth-order valence-electron chi connectivity index (χ4n) is 3.21. The average Bonchev–Trinajstić information content (AvgIpc) is 3.15. The molecule has 0 bridgehead atoms. The van der Waals surface area contributed by atoms with E-state index in [4.69, 9.17) is 9.56 Å². The van der Waals surface area contributed by atoms with E-state index in [1.165, 1.54) is 29.0 Å². The number of hydrogen-bond acceptors (Lipinski definition) is 9. The fraction of sp³-hybridized carbons (Fsp3) is 0.294. The van der Waals surface area contributed by atoms with E-state index in [9.17, 15) is 16.8 Å². The Morgan fingerprint density at radius 1 is 1.00 bits per heavy atom. The van der Waals surface area contributed by atoms with Crippen LogP contribution in [-0.2, 0) is 20.0 Å². The number of nitrogens with one attached hydrogen (secondary N) is 1. The maximum Gasteiger partial charge on any atom is 0.238 e. The minimum atomic E-state index is -3.77. The lowest BCUT2D eigenvalue weighted by atomic mass is 10.3. The molecule has 0 spiro atoms. The van der Waals surface area contributed by atoms with E-state index in [2.05, 4.69) is 15.3 Å². The van der Waals surface area contributed by atoms with Crippen molar-refractivity contribution in [1.82, 2.24) is 14.3 Å². The molecule has 3 heterocycles. The molecular weight excluding hydrogens is 432 g/mol. The van der Waals surface area contributed by atoms with Gasteiger partial charge in [0.2, 0.25) is 26.0 Å². The molecule has 13 heteroatoms. The molecule has 0 aliphatic carbocycles. The summed E-state index contributed by atoms with van der Waals surface area (Å²) in [7, 11) is -7.01. The van der Waals surface area contributed by atoms with Crippen LogP contribution in [0.5, 0.6) is 0 Å². The summed E-state index contributed by atoms with van der Waals surface area (Å²) >= 11 is 0. The van der Waals surface area contributed by atoms with Crippen molar-refractivity contribution in [3.05, 3.63) is 36.6 Å². The van der Waals surface area contributed by atoms with Gasteiger partial charge in [-0.15, -0.1) is 0 Å². The molecule has 3 N–H and O–H groups in total. The average molecular weight is 453 g/mol. The molecule has 0 unspecified atom stereocenters. The zero-order valence-corrected chi connectivity index (χ0v) is 17.6. The van der Waals surface area contributed by atoms with Crippen LogP contribution in [0.25, 0.3) is 11.1 Å². The van der Waals surface area contributed by atoms with Crippen molar-refractivity contribution >= 4 is 48.6 Å². The number of aromatic nitrogens is 2. The van der Waals surface area contributed by atoms with Crippen LogP contribution in [0.15, 0.2) is 45.9 Å². The number of piperazine rings is 1. The summed E-state index contributed by atoms with van der Waals surface area (Å²) in [6.07, 6.45) is 2.71. The monoisotopic (exact) mass is 452 g/mol. The summed E-state index contributed by atoms with van der Waals surface area (Å²) in [5.74, 6) is 0.856. The topological polar surface area (TPSA) is 152 Å². The first-order valence-electron chi connectivity index (χ1n) is 8.96. The summed E-state index contributed by atoms with van der Waals surface area (Å²) in [4.78, 5) is 10.9. The highest BCUT2D eigenvalue weighted by molar-refractivity contribution is 7.89. The van der Waals surface area contributed by atoms with Crippen molar-refractivity contribution in [2.45, 2.75) is 4.90 Å². The van der Waals surface area contributed by atoms with Gasteiger partial charge < -0.3 is 14.6 Å². The zero-order valence-electron chi connectivity index (χ0n) is 16.0. The number of nitrogens with zero attached hydrogens (tertiary/aromatic N) is 4. The largest absolute Gasteiger partial charge is 0.459 e. The van der Waals surface area contributed by atoms with Crippen LogP contribution >= 0.6 is 0 Å². The smallest absolute Gasteiger partial charge is 0.238 e. The Balaban J connectivity index is 1.61. The van der Waals surface area contributed by atoms with Gasteiger partial charge in [-0.3, -0.25) is 0 Å². The number of furan rings is 1. The van der Waals surface area contributed by atoms with Gasteiger partial charge in [0.25, 0.3) is 0 Å². The Morgan fingerprint density at radius 2 is 1.67 bits per heavy atom. The maximum absolute atomic E-state index is 11.8. The summed E-state index contributed by atoms with van der Waals surface area (Å²) in [5, 5.41) is 8.16. The number of fused-ring (bicyclic) bond motifs is 1. The number of primary sulfonamides is 1. The van der Waals surface area contributed by atoms with Crippen molar-refractivity contribution < 1.29 is 21.3 Å². The first-order chi connectivity index (χ1) is 14.1. The lowest BCUT2D eigenvalue weighted by molar-refractivity contribution is 0.386. The van der Waals surface area contributed by atoms with E-state index >= 15 is 0 Å². The predicted octanol–water partition coefficient (Wildman–Crippen LogP) is 0.695. The highest BCUT2D eigenvalue weighted by atomic mass is 32.2. The quantitative estimate of drug-likeness (QED) is 0.569. The van der Waals surface area contributed by atoms with Gasteiger partial charge in [-0.2, -0.15) is 9.29 Å². The minimum Gasteiger partial charge on any atom is -0.459 e. The van der Waals surface area contributed by atoms with Crippen LogP contribution in [0.2, 0.25) is 0 Å². The molecule has 0 amide bonds. The van der Waals surface area contributed by atoms with E-state index in [-0.39, 0.29) is 4.90 Å². The van der Waals surface area contributed by atoms with Gasteiger partial charge in [0.1, 0.15) is 5.52 Å². The van der Waals surface area contributed by atoms with E-state index in [1.807, 2.05) is 4.90 Å². The highest BCUT2D eigenvalue weighted by Gasteiger charge is 2.26. The van der Waals surface area contributed by atoms with E-state index in [1.54, 1.807) is 18.2 Å². The van der Waals surface area contributed by atoms with E-state index in [0.29, 0.717) is 54.7 Å². The van der Waals surface area contributed by atoms with Crippen LogP contribution in [0, 0.1) is 0 Å². The molecule has 0 radical (unpaired) electrons. The second kappa shape index (κ2) is 7.50. The summed E-state index contributed by atoms with van der Waals surface area (Å²) in [5.41, 5.74) is 1.69. The Hall–Kier alpha value is -2.74. The van der Waals surface area contributed by atoms with Gasteiger partial charge >= 0.3 is 0 Å². The van der Waals surface area contributed by atoms with E-state index < -0.39 is 20.0 Å². The molecule has 1 aromatic carbocycles. The third kappa shape index (κ3) is 4.23. The SMILES string of the molecule is CS(=O)(=O)N1CCN(c2nc(Nc3ccc(S(N)(=O)=O)cc3)nc3ccoc23)CC1. The Labute approximate surface area is 173 Å². The normalized spacial score (nSPS) is 16.1. The lowest BCUT2D eigenvalue weighted by Gasteiger charge is -2.33. The van der Waals surface area contributed by atoms with E-state index in [0.717, 1.165) is 0 Å². The molecule has 160 valence electrons.